The molecule has 0 saturated carbocycles. The Morgan fingerprint density at radius 1 is 1.15 bits per heavy atom. The van der Waals surface area contributed by atoms with Crippen LogP contribution in [0.2, 0.25) is 0 Å². The summed E-state index contributed by atoms with van der Waals surface area (Å²) in [6.45, 7) is 13.0. The molecule has 2 atom stereocenters. The van der Waals surface area contributed by atoms with Gasteiger partial charge in [-0.25, -0.2) is 4.79 Å². The Morgan fingerprint density at radius 3 is 2.20 bits per heavy atom. The molecule has 0 bridgehead atoms. The van der Waals surface area contributed by atoms with Crippen molar-refractivity contribution in [2.45, 2.75) is 53.0 Å². The Kier molecular flexibility index (Phi) is 5.99. The largest absolute Gasteiger partial charge is 0.333 e. The Hall–Kier alpha value is -1.10. The third-order valence-electron chi connectivity index (χ3n) is 3.34. The summed E-state index contributed by atoms with van der Waals surface area (Å²) in [7, 11) is 0. The van der Waals surface area contributed by atoms with E-state index >= 15 is 0 Å². The number of hydrogen-bond donors (Lipinski definition) is 2. The third-order valence-corrected chi connectivity index (χ3v) is 3.34. The van der Waals surface area contributed by atoms with Gasteiger partial charge in [-0.05, 0) is 39.0 Å². The number of carbonyl (C=O) groups excluding carboxylic acids is 2. The molecule has 1 rings (SSSR count). The average molecular weight is 283 g/mol. The lowest BCUT2D eigenvalue weighted by Crippen LogP contribution is -2.49. The van der Waals surface area contributed by atoms with Crippen molar-refractivity contribution in [2.24, 2.45) is 11.8 Å². The van der Waals surface area contributed by atoms with Gasteiger partial charge in [0.15, 0.2) is 0 Å². The second-order valence-corrected chi connectivity index (χ2v) is 7.21. The number of likely N-dealkylation sites (tertiary alicyclic amines) is 1. The normalized spacial score (nSPS) is 24.2. The van der Waals surface area contributed by atoms with Crippen LogP contribution in [0, 0.1) is 11.8 Å². The fraction of sp³-hybridized carbons (Fsp3) is 0.867. The molecule has 0 spiro atoms. The van der Waals surface area contributed by atoms with Crippen LogP contribution in [-0.4, -0.2) is 42.0 Å². The van der Waals surface area contributed by atoms with Crippen LogP contribution in [0.1, 0.15) is 47.5 Å². The Labute approximate surface area is 122 Å². The lowest BCUT2D eigenvalue weighted by atomic mass is 9.92. The predicted octanol–water partition coefficient (Wildman–Crippen LogP) is 1.98. The van der Waals surface area contributed by atoms with Crippen LogP contribution in [0.15, 0.2) is 0 Å². The van der Waals surface area contributed by atoms with Crippen LogP contribution in [0.4, 0.5) is 4.79 Å². The number of imide groups is 1. The van der Waals surface area contributed by atoms with Crippen LogP contribution in [0.3, 0.4) is 0 Å². The first-order chi connectivity index (χ1) is 9.15. The third kappa shape index (κ3) is 6.89. The monoisotopic (exact) mass is 283 g/mol. The molecule has 1 heterocycles. The van der Waals surface area contributed by atoms with E-state index in [-0.39, 0.29) is 11.4 Å². The van der Waals surface area contributed by atoms with Crippen molar-refractivity contribution >= 4 is 11.9 Å². The lowest BCUT2D eigenvalue weighted by molar-refractivity contribution is -0.120. The van der Waals surface area contributed by atoms with Crippen molar-refractivity contribution in [3.05, 3.63) is 0 Å². The van der Waals surface area contributed by atoms with Crippen molar-refractivity contribution in [2.75, 3.05) is 19.6 Å². The van der Waals surface area contributed by atoms with E-state index in [0.717, 1.165) is 19.6 Å². The van der Waals surface area contributed by atoms with Crippen molar-refractivity contribution in [1.29, 1.82) is 0 Å². The molecular formula is C15H29N3O2. The Bertz CT molecular complexity index is 340. The van der Waals surface area contributed by atoms with Gasteiger partial charge in [-0.1, -0.05) is 13.8 Å². The SMILES string of the molecule is CC1CC(C)CN(CCC(=O)NC(=O)NC(C)(C)C)C1. The minimum absolute atomic E-state index is 0.211. The van der Waals surface area contributed by atoms with Gasteiger partial charge in [-0.3, -0.25) is 10.1 Å². The van der Waals surface area contributed by atoms with E-state index in [0.29, 0.717) is 18.3 Å². The van der Waals surface area contributed by atoms with Gasteiger partial charge in [0.1, 0.15) is 0 Å². The molecule has 5 nitrogen and oxygen atoms in total. The molecule has 0 aromatic rings. The zero-order valence-corrected chi connectivity index (χ0v) is 13.5. The lowest BCUT2D eigenvalue weighted by Gasteiger charge is -2.34. The Balaban J connectivity index is 2.27. The summed E-state index contributed by atoms with van der Waals surface area (Å²) in [5, 5.41) is 5.10. The quantitative estimate of drug-likeness (QED) is 0.832. The van der Waals surface area contributed by atoms with E-state index in [4.69, 9.17) is 0 Å². The fourth-order valence-corrected chi connectivity index (χ4v) is 2.80. The number of amides is 3. The van der Waals surface area contributed by atoms with Gasteiger partial charge in [-0.2, -0.15) is 0 Å². The van der Waals surface area contributed by atoms with Gasteiger partial charge in [0, 0.05) is 31.6 Å². The molecule has 3 amide bonds. The molecule has 1 fully saturated rings. The number of hydrogen-bond acceptors (Lipinski definition) is 3. The molecule has 1 aliphatic heterocycles. The topological polar surface area (TPSA) is 61.4 Å². The van der Waals surface area contributed by atoms with Gasteiger partial charge < -0.3 is 10.2 Å². The zero-order chi connectivity index (χ0) is 15.3. The molecule has 2 unspecified atom stereocenters. The Morgan fingerprint density at radius 2 is 1.70 bits per heavy atom. The standard InChI is InChI=1S/C15H29N3O2/c1-11-8-12(2)10-18(9-11)7-6-13(19)16-14(20)17-15(3,4)5/h11-12H,6-10H2,1-5H3,(H2,16,17,19,20). The van der Waals surface area contributed by atoms with E-state index in [9.17, 15) is 9.59 Å². The fourth-order valence-electron chi connectivity index (χ4n) is 2.80. The highest BCUT2D eigenvalue weighted by molar-refractivity contribution is 5.94. The van der Waals surface area contributed by atoms with E-state index in [2.05, 4.69) is 29.4 Å². The molecule has 1 saturated heterocycles. The molecule has 0 aliphatic carbocycles. The van der Waals surface area contributed by atoms with Gasteiger partial charge in [0.2, 0.25) is 5.91 Å². The maximum absolute atomic E-state index is 11.7. The van der Waals surface area contributed by atoms with Crippen molar-refractivity contribution in [1.82, 2.24) is 15.5 Å². The van der Waals surface area contributed by atoms with Gasteiger partial charge >= 0.3 is 6.03 Å². The molecule has 1 aliphatic rings. The number of carbonyl (C=O) groups is 2. The number of nitrogens with zero attached hydrogens (tertiary/aromatic N) is 1. The molecule has 0 aromatic heterocycles. The van der Waals surface area contributed by atoms with Crippen LogP contribution in [-0.2, 0) is 4.79 Å². The molecule has 0 radical (unpaired) electrons. The maximum Gasteiger partial charge on any atom is 0.321 e. The summed E-state index contributed by atoms with van der Waals surface area (Å²) < 4.78 is 0. The van der Waals surface area contributed by atoms with Crippen LogP contribution >= 0.6 is 0 Å². The highest BCUT2D eigenvalue weighted by atomic mass is 16.2. The molecular weight excluding hydrogens is 254 g/mol. The molecule has 2 N–H and O–H groups in total. The minimum atomic E-state index is -0.414. The van der Waals surface area contributed by atoms with Crippen LogP contribution in [0.5, 0.6) is 0 Å². The predicted molar refractivity (Wildman–Crippen MR) is 80.4 cm³/mol. The van der Waals surface area contributed by atoms with E-state index in [1.807, 2.05) is 20.8 Å². The number of nitrogens with one attached hydrogen (secondary N) is 2. The second-order valence-electron chi connectivity index (χ2n) is 7.21. The van der Waals surface area contributed by atoms with Crippen LogP contribution in [0.25, 0.3) is 0 Å². The first-order valence-corrected chi connectivity index (χ1v) is 7.50. The van der Waals surface area contributed by atoms with Crippen molar-refractivity contribution < 1.29 is 9.59 Å². The van der Waals surface area contributed by atoms with E-state index in [1.165, 1.54) is 6.42 Å². The van der Waals surface area contributed by atoms with Gasteiger partial charge in [0.05, 0.1) is 0 Å². The smallest absolute Gasteiger partial charge is 0.321 e. The molecule has 5 heteroatoms. The van der Waals surface area contributed by atoms with Crippen LogP contribution < -0.4 is 10.6 Å². The van der Waals surface area contributed by atoms with Gasteiger partial charge in [-0.15, -0.1) is 0 Å². The number of rotatable bonds is 3. The molecule has 0 aromatic carbocycles. The first-order valence-electron chi connectivity index (χ1n) is 7.50. The van der Waals surface area contributed by atoms with E-state index < -0.39 is 6.03 Å². The summed E-state index contributed by atoms with van der Waals surface area (Å²) >= 11 is 0. The average Bonchev–Trinajstić information content (AvgIpc) is 2.22. The summed E-state index contributed by atoms with van der Waals surface area (Å²) in [6.07, 6.45) is 1.63. The first kappa shape index (κ1) is 17.0. The number of piperidine rings is 1. The summed E-state index contributed by atoms with van der Waals surface area (Å²) in [5.41, 5.74) is -0.331. The summed E-state index contributed by atoms with van der Waals surface area (Å²) in [5.74, 6) is 1.16. The minimum Gasteiger partial charge on any atom is -0.333 e. The summed E-state index contributed by atoms with van der Waals surface area (Å²) in [4.78, 5) is 25.6. The second kappa shape index (κ2) is 7.07. The summed E-state index contributed by atoms with van der Waals surface area (Å²) in [6, 6.07) is -0.414. The molecule has 116 valence electrons. The maximum atomic E-state index is 11.7. The zero-order valence-electron chi connectivity index (χ0n) is 13.5. The molecule has 20 heavy (non-hydrogen) atoms. The highest BCUT2D eigenvalue weighted by Gasteiger charge is 2.22. The van der Waals surface area contributed by atoms with Crippen molar-refractivity contribution in [3.8, 4) is 0 Å². The number of urea groups is 1. The van der Waals surface area contributed by atoms with Crippen molar-refractivity contribution in [3.63, 3.8) is 0 Å². The van der Waals surface area contributed by atoms with Gasteiger partial charge in [0.25, 0.3) is 0 Å². The van der Waals surface area contributed by atoms with E-state index in [1.54, 1.807) is 0 Å². The highest BCUT2D eigenvalue weighted by Crippen LogP contribution is 2.20.